The Labute approximate surface area is 104 Å². The van der Waals surface area contributed by atoms with Gasteiger partial charge in [-0.15, -0.1) is 0 Å². The topological polar surface area (TPSA) is 73.0 Å². The molecule has 0 saturated heterocycles. The molecule has 2 rings (SSSR count). The maximum atomic E-state index is 10.8. The summed E-state index contributed by atoms with van der Waals surface area (Å²) in [6.45, 7) is 2.30. The van der Waals surface area contributed by atoms with Crippen LogP contribution in [-0.4, -0.2) is 14.7 Å². The molecule has 0 bridgehead atoms. The van der Waals surface area contributed by atoms with E-state index in [9.17, 15) is 10.1 Å². The van der Waals surface area contributed by atoms with Gasteiger partial charge in [-0.3, -0.25) is 14.8 Å². The molecule has 1 heterocycles. The van der Waals surface area contributed by atoms with E-state index in [1.165, 1.54) is 6.07 Å². The first-order valence-electron chi connectivity index (χ1n) is 5.53. The van der Waals surface area contributed by atoms with Gasteiger partial charge in [0.2, 0.25) is 0 Å². The molecule has 0 aliphatic heterocycles. The maximum absolute atomic E-state index is 10.8. The summed E-state index contributed by atoms with van der Waals surface area (Å²) in [5.74, 6) is 0. The molecule has 18 heavy (non-hydrogen) atoms. The SMILES string of the molecule is Cc1c(CNc2cnn(C)c2)cccc1[N+](=O)[O-]. The molecular formula is C12H14N4O2. The van der Waals surface area contributed by atoms with Crippen LogP contribution in [0.1, 0.15) is 11.1 Å². The van der Waals surface area contributed by atoms with E-state index < -0.39 is 0 Å². The molecule has 0 spiro atoms. The number of nitro groups is 1. The number of nitrogens with one attached hydrogen (secondary N) is 1. The second kappa shape index (κ2) is 4.87. The number of anilines is 1. The van der Waals surface area contributed by atoms with E-state index >= 15 is 0 Å². The molecule has 0 amide bonds. The van der Waals surface area contributed by atoms with Gasteiger partial charge in [-0.05, 0) is 12.5 Å². The summed E-state index contributed by atoms with van der Waals surface area (Å²) in [7, 11) is 1.84. The number of nitro benzene ring substituents is 1. The Morgan fingerprint density at radius 1 is 1.50 bits per heavy atom. The number of hydrogen-bond acceptors (Lipinski definition) is 4. The minimum Gasteiger partial charge on any atom is -0.378 e. The van der Waals surface area contributed by atoms with Crippen LogP contribution in [0, 0.1) is 17.0 Å². The van der Waals surface area contributed by atoms with Gasteiger partial charge in [-0.1, -0.05) is 12.1 Å². The third-order valence-corrected chi connectivity index (χ3v) is 2.80. The van der Waals surface area contributed by atoms with Gasteiger partial charge in [0.1, 0.15) is 0 Å². The smallest absolute Gasteiger partial charge is 0.272 e. The van der Waals surface area contributed by atoms with Gasteiger partial charge in [-0.2, -0.15) is 5.10 Å². The van der Waals surface area contributed by atoms with Gasteiger partial charge in [-0.25, -0.2) is 0 Å². The molecule has 1 N–H and O–H groups in total. The van der Waals surface area contributed by atoms with Gasteiger partial charge in [0, 0.05) is 31.4 Å². The number of benzene rings is 1. The summed E-state index contributed by atoms with van der Waals surface area (Å²) in [6, 6.07) is 5.10. The summed E-state index contributed by atoms with van der Waals surface area (Å²) in [6.07, 6.45) is 3.57. The highest BCUT2D eigenvalue weighted by atomic mass is 16.6. The first kappa shape index (κ1) is 12.1. The molecule has 2 aromatic rings. The molecule has 6 nitrogen and oxygen atoms in total. The van der Waals surface area contributed by atoms with E-state index in [1.54, 1.807) is 23.9 Å². The fourth-order valence-electron chi connectivity index (χ4n) is 1.77. The highest BCUT2D eigenvalue weighted by molar-refractivity contribution is 5.47. The molecule has 1 aromatic heterocycles. The van der Waals surface area contributed by atoms with E-state index in [2.05, 4.69) is 10.4 Å². The van der Waals surface area contributed by atoms with Gasteiger partial charge in [0.15, 0.2) is 0 Å². The summed E-state index contributed by atoms with van der Waals surface area (Å²) in [4.78, 5) is 10.5. The van der Waals surface area contributed by atoms with E-state index in [-0.39, 0.29) is 10.6 Å². The van der Waals surface area contributed by atoms with Crippen molar-refractivity contribution in [2.75, 3.05) is 5.32 Å². The third-order valence-electron chi connectivity index (χ3n) is 2.80. The molecular weight excluding hydrogens is 232 g/mol. The van der Waals surface area contributed by atoms with Crippen LogP contribution in [0.5, 0.6) is 0 Å². The Morgan fingerprint density at radius 2 is 2.28 bits per heavy atom. The molecule has 94 valence electrons. The second-order valence-electron chi connectivity index (χ2n) is 4.07. The van der Waals surface area contributed by atoms with Gasteiger partial charge in [0.25, 0.3) is 5.69 Å². The number of aromatic nitrogens is 2. The van der Waals surface area contributed by atoms with E-state index in [0.29, 0.717) is 12.1 Å². The molecule has 0 atom stereocenters. The fraction of sp³-hybridized carbons (Fsp3) is 0.250. The van der Waals surface area contributed by atoms with E-state index in [0.717, 1.165) is 11.3 Å². The Balaban J connectivity index is 2.14. The van der Waals surface area contributed by atoms with Crippen molar-refractivity contribution in [1.29, 1.82) is 0 Å². The van der Waals surface area contributed by atoms with Crippen LogP contribution in [0.3, 0.4) is 0 Å². The minimum absolute atomic E-state index is 0.153. The highest BCUT2D eigenvalue weighted by Gasteiger charge is 2.12. The van der Waals surface area contributed by atoms with Crippen LogP contribution in [0.15, 0.2) is 30.6 Å². The molecule has 0 aliphatic rings. The van der Waals surface area contributed by atoms with Crippen molar-refractivity contribution in [1.82, 2.24) is 9.78 Å². The van der Waals surface area contributed by atoms with Crippen LogP contribution in [0.4, 0.5) is 11.4 Å². The van der Waals surface area contributed by atoms with Gasteiger partial charge in [0.05, 0.1) is 16.8 Å². The number of rotatable bonds is 4. The van der Waals surface area contributed by atoms with Crippen molar-refractivity contribution in [3.63, 3.8) is 0 Å². The van der Waals surface area contributed by atoms with Crippen LogP contribution in [0.2, 0.25) is 0 Å². The largest absolute Gasteiger partial charge is 0.378 e. The Morgan fingerprint density at radius 3 is 2.89 bits per heavy atom. The highest BCUT2D eigenvalue weighted by Crippen LogP contribution is 2.21. The predicted octanol–water partition coefficient (Wildman–Crippen LogP) is 2.25. The quantitative estimate of drug-likeness (QED) is 0.663. The van der Waals surface area contributed by atoms with Crippen molar-refractivity contribution < 1.29 is 4.92 Å². The lowest BCUT2D eigenvalue weighted by Gasteiger charge is -2.07. The molecule has 0 radical (unpaired) electrons. The van der Waals surface area contributed by atoms with Crippen molar-refractivity contribution in [3.05, 3.63) is 51.8 Å². The molecule has 6 heteroatoms. The maximum Gasteiger partial charge on any atom is 0.272 e. The Bertz CT molecular complexity index is 577. The lowest BCUT2D eigenvalue weighted by atomic mass is 10.1. The lowest BCUT2D eigenvalue weighted by Crippen LogP contribution is -2.02. The van der Waals surface area contributed by atoms with Crippen LogP contribution in [-0.2, 0) is 13.6 Å². The first-order chi connectivity index (χ1) is 8.58. The van der Waals surface area contributed by atoms with Gasteiger partial charge < -0.3 is 5.32 Å². The van der Waals surface area contributed by atoms with E-state index in [1.807, 2.05) is 19.3 Å². The number of hydrogen-bond donors (Lipinski definition) is 1. The van der Waals surface area contributed by atoms with Crippen LogP contribution < -0.4 is 5.32 Å². The molecule has 0 unspecified atom stereocenters. The van der Waals surface area contributed by atoms with Crippen LogP contribution in [0.25, 0.3) is 0 Å². The van der Waals surface area contributed by atoms with Gasteiger partial charge >= 0.3 is 0 Å². The Kier molecular flexibility index (Phi) is 3.27. The summed E-state index contributed by atoms with van der Waals surface area (Å²) >= 11 is 0. The zero-order valence-corrected chi connectivity index (χ0v) is 10.3. The second-order valence-corrected chi connectivity index (χ2v) is 4.07. The fourth-order valence-corrected chi connectivity index (χ4v) is 1.77. The summed E-state index contributed by atoms with van der Waals surface area (Å²) < 4.78 is 1.70. The molecule has 0 fully saturated rings. The Hall–Kier alpha value is -2.37. The average molecular weight is 246 g/mol. The third kappa shape index (κ3) is 2.48. The van der Waals surface area contributed by atoms with Crippen LogP contribution >= 0.6 is 0 Å². The summed E-state index contributed by atoms with van der Waals surface area (Å²) in [5.41, 5.74) is 2.65. The zero-order chi connectivity index (χ0) is 13.1. The normalized spacial score (nSPS) is 10.3. The minimum atomic E-state index is -0.358. The molecule has 0 saturated carbocycles. The summed E-state index contributed by atoms with van der Waals surface area (Å²) in [5, 5.41) is 18.0. The molecule has 0 aliphatic carbocycles. The lowest BCUT2D eigenvalue weighted by molar-refractivity contribution is -0.385. The predicted molar refractivity (Wildman–Crippen MR) is 68.4 cm³/mol. The first-order valence-corrected chi connectivity index (χ1v) is 5.53. The zero-order valence-electron chi connectivity index (χ0n) is 10.3. The van der Waals surface area contributed by atoms with Crippen molar-refractivity contribution in [3.8, 4) is 0 Å². The monoisotopic (exact) mass is 246 g/mol. The number of aryl methyl sites for hydroxylation is 1. The van der Waals surface area contributed by atoms with Crippen molar-refractivity contribution >= 4 is 11.4 Å². The standard InChI is InChI=1S/C12H14N4O2/c1-9-10(4-3-5-12(9)16(17)18)6-13-11-7-14-15(2)8-11/h3-5,7-8,13H,6H2,1-2H3. The number of nitrogens with zero attached hydrogens (tertiary/aromatic N) is 3. The molecule has 1 aromatic carbocycles. The average Bonchev–Trinajstić information content (AvgIpc) is 2.73. The van der Waals surface area contributed by atoms with Crippen molar-refractivity contribution in [2.24, 2.45) is 7.05 Å². The van der Waals surface area contributed by atoms with E-state index in [4.69, 9.17) is 0 Å². The van der Waals surface area contributed by atoms with Crippen molar-refractivity contribution in [2.45, 2.75) is 13.5 Å².